The Bertz CT molecular complexity index is 1310. The van der Waals surface area contributed by atoms with Crippen molar-refractivity contribution in [3.63, 3.8) is 0 Å². The molecule has 0 N–H and O–H groups in total. The van der Waals surface area contributed by atoms with Gasteiger partial charge in [0, 0.05) is 29.4 Å². The van der Waals surface area contributed by atoms with Crippen molar-refractivity contribution in [2.45, 2.75) is 6.42 Å². The third-order valence-corrected chi connectivity index (χ3v) is 5.21. The molecule has 0 fully saturated rings. The van der Waals surface area contributed by atoms with Gasteiger partial charge in [-0.1, -0.05) is 42.5 Å². The maximum atomic E-state index is 13.5. The summed E-state index contributed by atoms with van der Waals surface area (Å²) in [5.74, 6) is -0.519. The lowest BCUT2D eigenvalue weighted by Crippen LogP contribution is -2.00. The van der Waals surface area contributed by atoms with Crippen LogP contribution in [0.4, 0.5) is 8.78 Å². The Morgan fingerprint density at radius 1 is 0.667 bits per heavy atom. The molecule has 0 aliphatic rings. The van der Waals surface area contributed by atoms with Gasteiger partial charge in [0.2, 0.25) is 0 Å². The van der Waals surface area contributed by atoms with Gasteiger partial charge in [-0.25, -0.2) is 13.8 Å². The standard InChI is InChI=1S/C26H18F2N2/c27-21-10-6-18(7-11-21)16-23-14-15-25-26(20-8-12-22(28)13-9-20)29-24(17-30(23)25)19-4-2-1-3-5-19/h1-15,17H,16H2. The molecular formula is C26H18F2N2. The molecule has 0 spiro atoms. The van der Waals surface area contributed by atoms with Crippen LogP contribution >= 0.6 is 0 Å². The molecule has 0 bridgehead atoms. The van der Waals surface area contributed by atoms with E-state index in [1.807, 2.05) is 42.6 Å². The molecule has 0 aliphatic carbocycles. The first-order chi connectivity index (χ1) is 14.7. The minimum Gasteiger partial charge on any atom is -0.316 e. The van der Waals surface area contributed by atoms with Gasteiger partial charge in [0.1, 0.15) is 11.6 Å². The lowest BCUT2D eigenvalue weighted by atomic mass is 10.1. The summed E-state index contributed by atoms with van der Waals surface area (Å²) in [6, 6.07) is 27.0. The summed E-state index contributed by atoms with van der Waals surface area (Å²) in [5, 5.41) is 0. The molecule has 146 valence electrons. The molecule has 5 rings (SSSR count). The summed E-state index contributed by atoms with van der Waals surface area (Å²) >= 11 is 0. The van der Waals surface area contributed by atoms with E-state index in [2.05, 4.69) is 10.5 Å². The highest BCUT2D eigenvalue weighted by atomic mass is 19.1. The van der Waals surface area contributed by atoms with Gasteiger partial charge in [0.15, 0.2) is 0 Å². The molecule has 2 nitrogen and oxygen atoms in total. The van der Waals surface area contributed by atoms with E-state index in [0.717, 1.165) is 39.3 Å². The van der Waals surface area contributed by atoms with Gasteiger partial charge >= 0.3 is 0 Å². The van der Waals surface area contributed by atoms with Crippen molar-refractivity contribution in [1.82, 2.24) is 9.38 Å². The number of hydrogen-bond donors (Lipinski definition) is 0. The minimum absolute atomic E-state index is 0.243. The second-order valence-electron chi connectivity index (χ2n) is 7.23. The van der Waals surface area contributed by atoms with Crippen LogP contribution in [0.5, 0.6) is 0 Å². The first kappa shape index (κ1) is 18.3. The zero-order valence-corrected chi connectivity index (χ0v) is 16.1. The van der Waals surface area contributed by atoms with E-state index in [0.29, 0.717) is 6.42 Å². The summed E-state index contributed by atoms with van der Waals surface area (Å²) in [6.45, 7) is 0. The molecule has 0 amide bonds. The quantitative estimate of drug-likeness (QED) is 0.337. The van der Waals surface area contributed by atoms with E-state index in [-0.39, 0.29) is 11.6 Å². The van der Waals surface area contributed by atoms with Crippen LogP contribution in [0.2, 0.25) is 0 Å². The van der Waals surface area contributed by atoms with Gasteiger partial charge in [-0.2, -0.15) is 0 Å². The average molecular weight is 396 g/mol. The van der Waals surface area contributed by atoms with E-state index in [9.17, 15) is 8.78 Å². The Hall–Kier alpha value is -3.79. The maximum absolute atomic E-state index is 13.5. The molecule has 5 aromatic rings. The number of fused-ring (bicyclic) bond motifs is 1. The first-order valence-corrected chi connectivity index (χ1v) is 9.74. The number of nitrogens with zero attached hydrogens (tertiary/aromatic N) is 2. The summed E-state index contributed by atoms with van der Waals surface area (Å²) in [6.07, 6.45) is 2.69. The van der Waals surface area contributed by atoms with E-state index in [1.165, 1.54) is 24.3 Å². The lowest BCUT2D eigenvalue weighted by Gasteiger charge is -2.11. The molecule has 0 aliphatic heterocycles. The van der Waals surface area contributed by atoms with E-state index in [1.54, 1.807) is 24.3 Å². The largest absolute Gasteiger partial charge is 0.316 e. The fourth-order valence-electron chi connectivity index (χ4n) is 3.69. The molecule has 2 heterocycles. The van der Waals surface area contributed by atoms with Crippen molar-refractivity contribution < 1.29 is 8.78 Å². The van der Waals surface area contributed by atoms with Crippen LogP contribution in [0.15, 0.2) is 97.2 Å². The van der Waals surface area contributed by atoms with Crippen molar-refractivity contribution in [3.05, 3.63) is 120 Å². The summed E-state index contributed by atoms with van der Waals surface area (Å²) in [5.41, 5.74) is 6.52. The van der Waals surface area contributed by atoms with Gasteiger partial charge < -0.3 is 4.40 Å². The van der Waals surface area contributed by atoms with Crippen LogP contribution in [0, 0.1) is 11.6 Å². The van der Waals surface area contributed by atoms with E-state index >= 15 is 0 Å². The van der Waals surface area contributed by atoms with Crippen LogP contribution in [-0.2, 0) is 6.42 Å². The van der Waals surface area contributed by atoms with E-state index in [4.69, 9.17) is 4.98 Å². The smallest absolute Gasteiger partial charge is 0.123 e. The Kier molecular flexibility index (Phi) is 4.60. The number of hydrogen-bond acceptors (Lipinski definition) is 1. The molecule has 0 unspecified atom stereocenters. The topological polar surface area (TPSA) is 17.3 Å². The molecule has 3 aromatic carbocycles. The summed E-state index contributed by atoms with van der Waals surface area (Å²) in [4.78, 5) is 4.91. The number of benzene rings is 3. The van der Waals surface area contributed by atoms with Crippen LogP contribution < -0.4 is 0 Å². The van der Waals surface area contributed by atoms with Crippen molar-refractivity contribution in [2.75, 3.05) is 0 Å². The highest BCUT2D eigenvalue weighted by Crippen LogP contribution is 2.29. The number of aromatic nitrogens is 2. The molecule has 30 heavy (non-hydrogen) atoms. The molecule has 2 aromatic heterocycles. The minimum atomic E-state index is -0.277. The first-order valence-electron chi connectivity index (χ1n) is 9.74. The van der Waals surface area contributed by atoms with Crippen molar-refractivity contribution in [3.8, 4) is 22.5 Å². The van der Waals surface area contributed by atoms with Gasteiger partial charge in [-0.05, 0) is 54.1 Å². The zero-order chi connectivity index (χ0) is 20.5. The van der Waals surface area contributed by atoms with Gasteiger partial charge in [0.25, 0.3) is 0 Å². The normalized spacial score (nSPS) is 11.1. The van der Waals surface area contributed by atoms with Crippen molar-refractivity contribution >= 4 is 5.52 Å². The lowest BCUT2D eigenvalue weighted by molar-refractivity contribution is 0.627. The molecule has 4 heteroatoms. The second-order valence-corrected chi connectivity index (χ2v) is 7.23. The van der Waals surface area contributed by atoms with E-state index < -0.39 is 0 Å². The molecule has 0 saturated carbocycles. The Labute approximate surface area is 173 Å². The molecular weight excluding hydrogens is 378 g/mol. The Balaban J connectivity index is 1.69. The van der Waals surface area contributed by atoms with Crippen LogP contribution in [-0.4, -0.2) is 9.38 Å². The summed E-state index contributed by atoms with van der Waals surface area (Å²) in [7, 11) is 0. The van der Waals surface area contributed by atoms with Gasteiger partial charge in [0.05, 0.1) is 16.9 Å². The third-order valence-electron chi connectivity index (χ3n) is 5.21. The van der Waals surface area contributed by atoms with Crippen molar-refractivity contribution in [2.24, 2.45) is 0 Å². The fourth-order valence-corrected chi connectivity index (χ4v) is 3.69. The number of halogens is 2. The molecule has 0 radical (unpaired) electrons. The second kappa shape index (κ2) is 7.56. The monoisotopic (exact) mass is 396 g/mol. The average Bonchev–Trinajstić information content (AvgIpc) is 3.18. The number of rotatable bonds is 4. The zero-order valence-electron chi connectivity index (χ0n) is 16.1. The predicted octanol–water partition coefficient (Wildman–Crippen LogP) is 6.54. The fraction of sp³-hybridized carbons (Fsp3) is 0.0385. The summed E-state index contributed by atoms with van der Waals surface area (Å²) < 4.78 is 28.9. The highest BCUT2D eigenvalue weighted by Gasteiger charge is 2.13. The third kappa shape index (κ3) is 3.48. The molecule has 0 atom stereocenters. The Morgan fingerprint density at radius 3 is 2.03 bits per heavy atom. The highest BCUT2D eigenvalue weighted by molar-refractivity contribution is 5.80. The van der Waals surface area contributed by atoms with Crippen LogP contribution in [0.1, 0.15) is 11.3 Å². The van der Waals surface area contributed by atoms with Crippen LogP contribution in [0.3, 0.4) is 0 Å². The Morgan fingerprint density at radius 2 is 1.33 bits per heavy atom. The molecule has 0 saturated heterocycles. The maximum Gasteiger partial charge on any atom is 0.123 e. The SMILES string of the molecule is Fc1ccc(Cc2ccc3c(-c4ccc(F)cc4)nc(-c4ccccc4)cn23)cc1. The van der Waals surface area contributed by atoms with Crippen LogP contribution in [0.25, 0.3) is 28.0 Å². The van der Waals surface area contributed by atoms with Gasteiger partial charge in [-0.15, -0.1) is 0 Å². The predicted molar refractivity (Wildman–Crippen MR) is 115 cm³/mol. The van der Waals surface area contributed by atoms with Crippen molar-refractivity contribution in [1.29, 1.82) is 0 Å². The van der Waals surface area contributed by atoms with Gasteiger partial charge in [-0.3, -0.25) is 0 Å².